The van der Waals surface area contributed by atoms with Gasteiger partial charge in [0, 0.05) is 21.7 Å². The molecule has 9 rings (SSSR count). The zero-order chi connectivity index (χ0) is 28.3. The van der Waals surface area contributed by atoms with Crippen LogP contribution >= 0.6 is 0 Å². The summed E-state index contributed by atoms with van der Waals surface area (Å²) in [7, 11) is 0. The third-order valence-electron chi connectivity index (χ3n) is 8.86. The highest BCUT2D eigenvalue weighted by molar-refractivity contribution is 6.28. The van der Waals surface area contributed by atoms with Crippen molar-refractivity contribution in [2.75, 3.05) is 0 Å². The van der Waals surface area contributed by atoms with E-state index in [2.05, 4.69) is 158 Å². The summed E-state index contributed by atoms with van der Waals surface area (Å²) in [5.41, 5.74) is 9.18. The molecule has 8 aromatic carbocycles. The van der Waals surface area contributed by atoms with Crippen molar-refractivity contribution in [2.45, 2.75) is 0 Å². The summed E-state index contributed by atoms with van der Waals surface area (Å²) in [6, 6.07) is 56.7. The van der Waals surface area contributed by atoms with Crippen molar-refractivity contribution in [3.63, 3.8) is 0 Å². The van der Waals surface area contributed by atoms with E-state index in [1.807, 2.05) is 0 Å². The predicted octanol–water partition coefficient (Wildman–Crippen LogP) is 12.0. The van der Waals surface area contributed by atoms with Gasteiger partial charge in [0.05, 0.1) is 0 Å². The van der Waals surface area contributed by atoms with Crippen LogP contribution in [-0.2, 0) is 0 Å². The molecule has 0 spiro atoms. The Kier molecular flexibility index (Phi) is 5.27. The van der Waals surface area contributed by atoms with Gasteiger partial charge in [0.2, 0.25) is 0 Å². The first-order valence-electron chi connectivity index (χ1n) is 14.8. The molecule has 0 bridgehead atoms. The Morgan fingerprint density at radius 2 is 0.860 bits per heavy atom. The number of furan rings is 1. The maximum atomic E-state index is 6.74. The lowest BCUT2D eigenvalue weighted by Gasteiger charge is -2.20. The van der Waals surface area contributed by atoms with E-state index in [-0.39, 0.29) is 0 Å². The smallest absolute Gasteiger partial charge is 0.143 e. The second-order valence-electron chi connectivity index (χ2n) is 11.2. The van der Waals surface area contributed by atoms with Gasteiger partial charge in [-0.25, -0.2) is 0 Å². The molecule has 200 valence electrons. The second kappa shape index (κ2) is 9.44. The Balaban J connectivity index is 1.53. The Labute approximate surface area is 249 Å². The Morgan fingerprint density at radius 1 is 0.326 bits per heavy atom. The monoisotopic (exact) mass is 546 g/mol. The van der Waals surface area contributed by atoms with Crippen LogP contribution in [0.25, 0.3) is 87.6 Å². The van der Waals surface area contributed by atoms with Gasteiger partial charge in [-0.3, -0.25) is 0 Å². The molecule has 1 nitrogen and oxygen atoms in total. The van der Waals surface area contributed by atoms with E-state index in [0.29, 0.717) is 0 Å². The van der Waals surface area contributed by atoms with Gasteiger partial charge in [-0.15, -0.1) is 0 Å². The van der Waals surface area contributed by atoms with Gasteiger partial charge in [-0.2, -0.15) is 0 Å². The first kappa shape index (κ1) is 24.0. The summed E-state index contributed by atoms with van der Waals surface area (Å²) in [5, 5.41) is 9.58. The average molecular weight is 547 g/mol. The molecule has 0 unspecified atom stereocenters. The minimum atomic E-state index is 0.904. The summed E-state index contributed by atoms with van der Waals surface area (Å²) >= 11 is 0. The Hall–Kier alpha value is -5.66. The summed E-state index contributed by atoms with van der Waals surface area (Å²) < 4.78 is 6.74. The van der Waals surface area contributed by atoms with E-state index < -0.39 is 0 Å². The lowest BCUT2D eigenvalue weighted by atomic mass is 9.82. The maximum absolute atomic E-state index is 6.74. The Bertz CT molecular complexity index is 2430. The highest BCUT2D eigenvalue weighted by Gasteiger charge is 2.23. The molecular weight excluding hydrogens is 520 g/mol. The molecule has 0 saturated heterocycles. The van der Waals surface area contributed by atoms with Crippen LogP contribution in [0.5, 0.6) is 0 Å². The van der Waals surface area contributed by atoms with Crippen LogP contribution in [0.3, 0.4) is 0 Å². The zero-order valence-electron chi connectivity index (χ0n) is 23.4. The molecule has 0 atom stereocenters. The van der Waals surface area contributed by atoms with Crippen LogP contribution in [-0.4, -0.2) is 0 Å². The number of hydrogen-bond donors (Lipinski definition) is 0. The third kappa shape index (κ3) is 3.58. The quantitative estimate of drug-likeness (QED) is 0.201. The van der Waals surface area contributed by atoms with Gasteiger partial charge in [0.1, 0.15) is 11.2 Å². The molecule has 1 heterocycles. The average Bonchev–Trinajstić information content (AvgIpc) is 3.47. The fourth-order valence-electron chi connectivity index (χ4n) is 7.03. The van der Waals surface area contributed by atoms with Crippen LogP contribution in [0.4, 0.5) is 0 Å². The number of hydrogen-bond acceptors (Lipinski definition) is 1. The van der Waals surface area contributed by atoms with E-state index in [4.69, 9.17) is 4.42 Å². The van der Waals surface area contributed by atoms with Crippen molar-refractivity contribution < 1.29 is 4.42 Å². The van der Waals surface area contributed by atoms with Crippen LogP contribution < -0.4 is 0 Å². The minimum absolute atomic E-state index is 0.904. The molecular formula is C42H26O. The SMILES string of the molecule is c1ccc(-c2ccc3oc4c5ccccc5ccc4c3c2-c2c3ccccc3c(-c3ccccc3)c3ccccc23)cc1. The molecule has 9 aromatic rings. The molecule has 0 N–H and O–H groups in total. The van der Waals surface area contributed by atoms with Crippen LogP contribution in [0.1, 0.15) is 0 Å². The van der Waals surface area contributed by atoms with Crippen molar-refractivity contribution in [3.05, 3.63) is 158 Å². The number of fused-ring (bicyclic) bond motifs is 7. The van der Waals surface area contributed by atoms with Crippen LogP contribution in [0.2, 0.25) is 0 Å². The van der Waals surface area contributed by atoms with Gasteiger partial charge in [0.25, 0.3) is 0 Å². The van der Waals surface area contributed by atoms with E-state index in [9.17, 15) is 0 Å². The lowest BCUT2D eigenvalue weighted by molar-refractivity contribution is 0.673. The highest BCUT2D eigenvalue weighted by atomic mass is 16.3. The van der Waals surface area contributed by atoms with Gasteiger partial charge in [-0.1, -0.05) is 146 Å². The largest absolute Gasteiger partial charge is 0.455 e. The first-order valence-corrected chi connectivity index (χ1v) is 14.8. The predicted molar refractivity (Wildman–Crippen MR) is 183 cm³/mol. The molecule has 1 aromatic heterocycles. The van der Waals surface area contributed by atoms with Gasteiger partial charge in [-0.05, 0) is 66.9 Å². The van der Waals surface area contributed by atoms with Gasteiger partial charge in [0.15, 0.2) is 0 Å². The van der Waals surface area contributed by atoms with E-state index >= 15 is 0 Å². The normalized spacial score (nSPS) is 11.7. The molecule has 0 saturated carbocycles. The highest BCUT2D eigenvalue weighted by Crippen LogP contribution is 2.50. The lowest BCUT2D eigenvalue weighted by Crippen LogP contribution is -1.93. The molecule has 0 aliphatic heterocycles. The third-order valence-corrected chi connectivity index (χ3v) is 8.86. The fourth-order valence-corrected chi connectivity index (χ4v) is 7.03. The summed E-state index contributed by atoms with van der Waals surface area (Å²) in [4.78, 5) is 0. The fraction of sp³-hybridized carbons (Fsp3) is 0. The van der Waals surface area contributed by atoms with Crippen molar-refractivity contribution >= 4 is 54.3 Å². The van der Waals surface area contributed by atoms with Crippen molar-refractivity contribution in [3.8, 4) is 33.4 Å². The van der Waals surface area contributed by atoms with Crippen LogP contribution in [0, 0.1) is 0 Å². The molecule has 1 heteroatoms. The molecule has 0 radical (unpaired) electrons. The topological polar surface area (TPSA) is 13.1 Å². The minimum Gasteiger partial charge on any atom is -0.455 e. The summed E-state index contributed by atoms with van der Waals surface area (Å²) in [6.07, 6.45) is 0. The molecule has 0 aliphatic rings. The Morgan fingerprint density at radius 3 is 1.51 bits per heavy atom. The number of benzene rings is 8. The maximum Gasteiger partial charge on any atom is 0.143 e. The van der Waals surface area contributed by atoms with Crippen LogP contribution in [0.15, 0.2) is 162 Å². The standard InChI is InChI=1S/C42H26O/c1-3-13-27(14-4-1)30-25-26-37-40(36-24-23-28-15-7-8-18-31(28)42(36)43-37)41(30)39-34-21-11-9-19-32(34)38(29-16-5-2-6-17-29)33-20-10-12-22-35(33)39/h1-26H. The van der Waals surface area contributed by atoms with E-state index in [0.717, 1.165) is 27.3 Å². The molecule has 0 aliphatic carbocycles. The second-order valence-corrected chi connectivity index (χ2v) is 11.2. The van der Waals surface area contributed by atoms with Crippen molar-refractivity contribution in [1.82, 2.24) is 0 Å². The van der Waals surface area contributed by atoms with Crippen molar-refractivity contribution in [2.24, 2.45) is 0 Å². The first-order chi connectivity index (χ1) is 21.4. The molecule has 0 amide bonds. The molecule has 43 heavy (non-hydrogen) atoms. The number of rotatable bonds is 3. The summed E-state index contributed by atoms with van der Waals surface area (Å²) in [6.45, 7) is 0. The zero-order valence-corrected chi connectivity index (χ0v) is 23.4. The molecule has 0 fully saturated rings. The van der Waals surface area contributed by atoms with E-state index in [1.165, 1.54) is 60.3 Å². The van der Waals surface area contributed by atoms with E-state index in [1.54, 1.807) is 0 Å². The summed E-state index contributed by atoms with van der Waals surface area (Å²) in [5.74, 6) is 0. The van der Waals surface area contributed by atoms with Crippen molar-refractivity contribution in [1.29, 1.82) is 0 Å². The van der Waals surface area contributed by atoms with Gasteiger partial charge < -0.3 is 4.42 Å². The van der Waals surface area contributed by atoms with Gasteiger partial charge >= 0.3 is 0 Å².